The summed E-state index contributed by atoms with van der Waals surface area (Å²) in [6.45, 7) is 0. The van der Waals surface area contributed by atoms with Crippen LogP contribution in [0.1, 0.15) is 17.4 Å². The Hall–Kier alpha value is -2.24. The Labute approximate surface area is 114 Å². The van der Waals surface area contributed by atoms with Gasteiger partial charge < -0.3 is 4.42 Å². The molecule has 1 aromatic heterocycles. The lowest BCUT2D eigenvalue weighted by molar-refractivity contribution is 0.460. The average Bonchev–Trinajstić information content (AvgIpc) is 2.85. The van der Waals surface area contributed by atoms with Gasteiger partial charge in [-0.15, -0.1) is 0 Å². The van der Waals surface area contributed by atoms with Gasteiger partial charge in [-0.25, -0.2) is 14.2 Å². The van der Waals surface area contributed by atoms with Gasteiger partial charge in [0.15, 0.2) is 0 Å². The molecule has 20 heavy (non-hydrogen) atoms. The van der Waals surface area contributed by atoms with Crippen LogP contribution >= 0.6 is 0 Å². The predicted molar refractivity (Wildman–Crippen MR) is 71.7 cm³/mol. The SMILES string of the molecule is NNC(c1cc2ccccc2o1)c1ccc(F)cc1F. The highest BCUT2D eigenvalue weighted by molar-refractivity contribution is 5.77. The van der Waals surface area contributed by atoms with Crippen LogP contribution in [-0.2, 0) is 0 Å². The summed E-state index contributed by atoms with van der Waals surface area (Å²) in [6.07, 6.45) is 0. The Morgan fingerprint density at radius 1 is 1.05 bits per heavy atom. The first-order valence-corrected chi connectivity index (χ1v) is 6.08. The van der Waals surface area contributed by atoms with Crippen LogP contribution in [0.3, 0.4) is 0 Å². The number of halogens is 2. The number of benzene rings is 2. The Kier molecular flexibility index (Phi) is 3.22. The minimum absolute atomic E-state index is 0.230. The van der Waals surface area contributed by atoms with E-state index in [2.05, 4.69) is 5.43 Å². The molecule has 3 nitrogen and oxygen atoms in total. The molecule has 0 saturated heterocycles. The van der Waals surface area contributed by atoms with Crippen LogP contribution in [-0.4, -0.2) is 0 Å². The van der Waals surface area contributed by atoms with Gasteiger partial charge in [0.05, 0.1) is 0 Å². The lowest BCUT2D eigenvalue weighted by atomic mass is 10.0. The quantitative estimate of drug-likeness (QED) is 0.569. The molecule has 0 aliphatic heterocycles. The number of fused-ring (bicyclic) bond motifs is 1. The Morgan fingerprint density at radius 2 is 1.85 bits per heavy atom. The number of furan rings is 1. The smallest absolute Gasteiger partial charge is 0.134 e. The molecule has 1 unspecified atom stereocenters. The summed E-state index contributed by atoms with van der Waals surface area (Å²) in [5.41, 5.74) is 3.41. The summed E-state index contributed by atoms with van der Waals surface area (Å²) in [4.78, 5) is 0. The number of para-hydroxylation sites is 1. The van der Waals surface area contributed by atoms with E-state index in [0.717, 1.165) is 11.5 Å². The Bertz CT molecular complexity index is 721. The fraction of sp³-hybridized carbons (Fsp3) is 0.0667. The van der Waals surface area contributed by atoms with Crippen molar-refractivity contribution in [1.29, 1.82) is 0 Å². The molecule has 0 spiro atoms. The van der Waals surface area contributed by atoms with E-state index in [1.54, 1.807) is 6.07 Å². The molecule has 3 aromatic rings. The molecule has 1 heterocycles. The van der Waals surface area contributed by atoms with E-state index < -0.39 is 17.7 Å². The van der Waals surface area contributed by atoms with Gasteiger partial charge in [-0.3, -0.25) is 5.84 Å². The third-order valence-electron chi connectivity index (χ3n) is 3.17. The van der Waals surface area contributed by atoms with Crippen molar-refractivity contribution < 1.29 is 13.2 Å². The molecule has 5 heteroatoms. The van der Waals surface area contributed by atoms with Crippen molar-refractivity contribution in [1.82, 2.24) is 5.43 Å². The van der Waals surface area contributed by atoms with Crippen molar-refractivity contribution >= 4 is 11.0 Å². The van der Waals surface area contributed by atoms with Crippen molar-refractivity contribution in [3.8, 4) is 0 Å². The number of nitrogens with two attached hydrogens (primary N) is 1. The fourth-order valence-electron chi connectivity index (χ4n) is 2.21. The fourth-order valence-corrected chi connectivity index (χ4v) is 2.21. The molecule has 0 saturated carbocycles. The second kappa shape index (κ2) is 5.03. The lowest BCUT2D eigenvalue weighted by Gasteiger charge is -2.14. The topological polar surface area (TPSA) is 51.2 Å². The molecular formula is C15H12F2N2O. The van der Waals surface area contributed by atoms with E-state index in [-0.39, 0.29) is 5.56 Å². The van der Waals surface area contributed by atoms with Gasteiger partial charge in [0, 0.05) is 17.0 Å². The second-order valence-electron chi connectivity index (χ2n) is 4.45. The van der Waals surface area contributed by atoms with Gasteiger partial charge in [-0.05, 0) is 18.2 Å². The molecule has 3 rings (SSSR count). The molecule has 0 amide bonds. The first-order chi connectivity index (χ1) is 9.69. The van der Waals surface area contributed by atoms with Gasteiger partial charge in [0.25, 0.3) is 0 Å². The lowest BCUT2D eigenvalue weighted by Crippen LogP contribution is -2.29. The summed E-state index contributed by atoms with van der Waals surface area (Å²) in [5, 5.41) is 0.894. The molecule has 102 valence electrons. The van der Waals surface area contributed by atoms with Gasteiger partial charge in [0.2, 0.25) is 0 Å². The van der Waals surface area contributed by atoms with Gasteiger partial charge >= 0.3 is 0 Å². The highest BCUT2D eigenvalue weighted by atomic mass is 19.1. The van der Waals surface area contributed by atoms with E-state index in [0.29, 0.717) is 11.3 Å². The minimum Gasteiger partial charge on any atom is -0.459 e. The number of rotatable bonds is 3. The molecule has 0 bridgehead atoms. The van der Waals surface area contributed by atoms with Crippen LogP contribution in [0.25, 0.3) is 11.0 Å². The normalized spacial score (nSPS) is 12.8. The predicted octanol–water partition coefficient (Wildman–Crippen LogP) is 3.26. The molecule has 0 aliphatic carbocycles. The summed E-state index contributed by atoms with van der Waals surface area (Å²) < 4.78 is 32.5. The molecule has 0 fully saturated rings. The van der Waals surface area contributed by atoms with Gasteiger partial charge in [-0.2, -0.15) is 0 Å². The van der Waals surface area contributed by atoms with Gasteiger partial charge in [-0.1, -0.05) is 24.3 Å². The summed E-state index contributed by atoms with van der Waals surface area (Å²) in [5.74, 6) is 4.66. The minimum atomic E-state index is -0.678. The first kappa shape index (κ1) is 12.8. The van der Waals surface area contributed by atoms with Crippen LogP contribution in [0.5, 0.6) is 0 Å². The zero-order valence-corrected chi connectivity index (χ0v) is 10.4. The maximum absolute atomic E-state index is 13.9. The Morgan fingerprint density at radius 3 is 2.55 bits per heavy atom. The first-order valence-electron chi connectivity index (χ1n) is 6.08. The molecule has 1 atom stereocenters. The van der Waals surface area contributed by atoms with E-state index in [9.17, 15) is 8.78 Å². The number of hydrogen-bond donors (Lipinski definition) is 2. The van der Waals surface area contributed by atoms with Crippen molar-refractivity contribution in [2.75, 3.05) is 0 Å². The number of hydrazine groups is 1. The Balaban J connectivity index is 2.08. The van der Waals surface area contributed by atoms with E-state index in [1.165, 1.54) is 12.1 Å². The standard InChI is InChI=1S/C15H12F2N2O/c16-10-5-6-11(12(17)8-10)15(19-18)14-7-9-3-1-2-4-13(9)20-14/h1-8,15,19H,18H2. The van der Waals surface area contributed by atoms with Crippen LogP contribution in [0, 0.1) is 11.6 Å². The van der Waals surface area contributed by atoms with Crippen LogP contribution in [0.15, 0.2) is 52.9 Å². The molecule has 3 N–H and O–H groups in total. The second-order valence-corrected chi connectivity index (χ2v) is 4.45. The van der Waals surface area contributed by atoms with Crippen LogP contribution < -0.4 is 11.3 Å². The van der Waals surface area contributed by atoms with Gasteiger partial charge in [0.1, 0.15) is 29.0 Å². The van der Waals surface area contributed by atoms with E-state index in [4.69, 9.17) is 10.3 Å². The molecular weight excluding hydrogens is 262 g/mol. The maximum atomic E-state index is 13.9. The number of nitrogens with one attached hydrogen (secondary N) is 1. The third kappa shape index (κ3) is 2.17. The molecule has 0 aliphatic rings. The molecule has 0 radical (unpaired) electrons. The summed E-state index contributed by atoms with van der Waals surface area (Å²) in [7, 11) is 0. The largest absolute Gasteiger partial charge is 0.459 e. The number of hydrogen-bond acceptors (Lipinski definition) is 3. The van der Waals surface area contributed by atoms with Crippen molar-refractivity contribution in [2.24, 2.45) is 5.84 Å². The van der Waals surface area contributed by atoms with Crippen molar-refractivity contribution in [3.63, 3.8) is 0 Å². The highest BCUT2D eigenvalue weighted by Crippen LogP contribution is 2.29. The third-order valence-corrected chi connectivity index (χ3v) is 3.17. The van der Waals surface area contributed by atoms with Crippen LogP contribution in [0.4, 0.5) is 8.78 Å². The van der Waals surface area contributed by atoms with Crippen molar-refractivity contribution in [2.45, 2.75) is 6.04 Å². The van der Waals surface area contributed by atoms with E-state index in [1.807, 2.05) is 24.3 Å². The zero-order chi connectivity index (χ0) is 14.1. The van der Waals surface area contributed by atoms with Crippen molar-refractivity contribution in [3.05, 3.63) is 71.5 Å². The average molecular weight is 274 g/mol. The molecule has 2 aromatic carbocycles. The monoisotopic (exact) mass is 274 g/mol. The highest BCUT2D eigenvalue weighted by Gasteiger charge is 2.20. The zero-order valence-electron chi connectivity index (χ0n) is 10.4. The summed E-state index contributed by atoms with van der Waals surface area (Å²) in [6, 6.07) is 11.9. The summed E-state index contributed by atoms with van der Waals surface area (Å²) >= 11 is 0. The maximum Gasteiger partial charge on any atom is 0.134 e. The van der Waals surface area contributed by atoms with E-state index >= 15 is 0 Å². The van der Waals surface area contributed by atoms with Crippen LogP contribution in [0.2, 0.25) is 0 Å².